The van der Waals surface area contributed by atoms with Crippen molar-refractivity contribution in [2.24, 2.45) is 0 Å². The van der Waals surface area contributed by atoms with E-state index in [0.29, 0.717) is 11.4 Å². The van der Waals surface area contributed by atoms with Crippen LogP contribution in [0.25, 0.3) is 0 Å². The molecule has 0 unspecified atom stereocenters. The van der Waals surface area contributed by atoms with Crippen molar-refractivity contribution in [3.05, 3.63) is 53.6 Å². The fraction of sp³-hybridized carbons (Fsp3) is 0.333. The summed E-state index contributed by atoms with van der Waals surface area (Å²) >= 11 is 0. The number of rotatable bonds is 7. The first-order chi connectivity index (χ1) is 13.5. The van der Waals surface area contributed by atoms with Gasteiger partial charge in [-0.1, -0.05) is 6.07 Å². The quantitative estimate of drug-likeness (QED) is 0.696. The molecule has 1 amide bonds. The molecule has 1 N–H and O–H groups in total. The van der Waals surface area contributed by atoms with Gasteiger partial charge in [0.05, 0.1) is 16.7 Å². The molecule has 0 aliphatic carbocycles. The van der Waals surface area contributed by atoms with Crippen molar-refractivity contribution in [3.8, 4) is 0 Å². The predicted molar refractivity (Wildman–Crippen MR) is 112 cm³/mol. The van der Waals surface area contributed by atoms with Gasteiger partial charge >= 0.3 is 5.97 Å². The van der Waals surface area contributed by atoms with Crippen LogP contribution in [0.15, 0.2) is 47.4 Å². The number of nitrogens with zero attached hydrogens (tertiary/aromatic N) is 1. The summed E-state index contributed by atoms with van der Waals surface area (Å²) in [6.45, 7) is 8.04. The average Bonchev–Trinajstić information content (AvgIpc) is 2.58. The van der Waals surface area contributed by atoms with E-state index in [-0.39, 0.29) is 16.9 Å². The van der Waals surface area contributed by atoms with E-state index in [4.69, 9.17) is 4.74 Å². The molecule has 0 heterocycles. The Morgan fingerprint density at radius 1 is 1.03 bits per heavy atom. The Kier molecular flexibility index (Phi) is 7.02. The summed E-state index contributed by atoms with van der Waals surface area (Å²) in [5.74, 6) is -0.897. The van der Waals surface area contributed by atoms with Gasteiger partial charge in [-0.05, 0) is 75.2 Å². The van der Waals surface area contributed by atoms with Crippen molar-refractivity contribution in [2.45, 2.75) is 45.6 Å². The van der Waals surface area contributed by atoms with Gasteiger partial charge in [-0.25, -0.2) is 8.42 Å². The van der Waals surface area contributed by atoms with Gasteiger partial charge < -0.3 is 10.1 Å². The number of esters is 1. The molecule has 0 aliphatic heterocycles. The number of anilines is 2. The number of amides is 1. The molecule has 2 aromatic rings. The van der Waals surface area contributed by atoms with E-state index in [1.807, 2.05) is 19.9 Å². The van der Waals surface area contributed by atoms with Crippen LogP contribution in [0.4, 0.5) is 11.4 Å². The highest BCUT2D eigenvalue weighted by Crippen LogP contribution is 2.27. The molecule has 2 rings (SSSR count). The lowest BCUT2D eigenvalue weighted by Gasteiger charge is -2.25. The Bertz CT molecular complexity index is 978. The highest BCUT2D eigenvalue weighted by Gasteiger charge is 2.28. The number of ether oxygens (including phenoxy) is 1. The Morgan fingerprint density at radius 2 is 1.59 bits per heavy atom. The van der Waals surface area contributed by atoms with Gasteiger partial charge in [0.25, 0.3) is 10.0 Å². The Labute approximate surface area is 171 Å². The molecule has 29 heavy (non-hydrogen) atoms. The molecule has 0 saturated heterocycles. The highest BCUT2D eigenvalue weighted by atomic mass is 32.2. The fourth-order valence-electron chi connectivity index (χ4n) is 2.87. The Morgan fingerprint density at radius 3 is 2.07 bits per heavy atom. The Balaban J connectivity index is 2.47. The van der Waals surface area contributed by atoms with Gasteiger partial charge in [-0.15, -0.1) is 0 Å². The van der Waals surface area contributed by atoms with Crippen LogP contribution in [0.3, 0.4) is 0 Å². The third-order valence-corrected chi connectivity index (χ3v) is 5.69. The zero-order valence-electron chi connectivity index (χ0n) is 17.2. The number of hydrogen-bond donors (Lipinski definition) is 1. The van der Waals surface area contributed by atoms with Crippen molar-refractivity contribution in [2.75, 3.05) is 16.2 Å². The second kappa shape index (κ2) is 9.09. The van der Waals surface area contributed by atoms with E-state index in [9.17, 15) is 18.0 Å². The zero-order chi connectivity index (χ0) is 21.8. The molecular weight excluding hydrogens is 392 g/mol. The second-order valence-corrected chi connectivity index (χ2v) is 8.96. The Hall–Kier alpha value is -2.87. The minimum Gasteiger partial charge on any atom is -0.462 e. The summed E-state index contributed by atoms with van der Waals surface area (Å²) < 4.78 is 32.9. The van der Waals surface area contributed by atoms with Crippen LogP contribution in [0.5, 0.6) is 0 Å². The third kappa shape index (κ3) is 6.05. The summed E-state index contributed by atoms with van der Waals surface area (Å²) in [6, 6.07) is 11.1. The summed E-state index contributed by atoms with van der Waals surface area (Å²) in [6.07, 6.45) is -0.358. The van der Waals surface area contributed by atoms with Crippen molar-refractivity contribution in [3.63, 3.8) is 0 Å². The molecule has 7 nitrogen and oxygen atoms in total. The molecule has 8 heteroatoms. The van der Waals surface area contributed by atoms with Crippen molar-refractivity contribution in [1.82, 2.24) is 0 Å². The molecule has 156 valence electrons. The number of nitrogens with one attached hydrogen (secondary N) is 1. The predicted octanol–water partition coefficient (Wildman–Crippen LogP) is 3.41. The lowest BCUT2D eigenvalue weighted by Crippen LogP contribution is -2.37. The molecule has 0 aliphatic rings. The minimum atomic E-state index is -4.04. The second-order valence-electron chi connectivity index (χ2n) is 7.10. The van der Waals surface area contributed by atoms with E-state index < -0.39 is 22.5 Å². The summed E-state index contributed by atoms with van der Waals surface area (Å²) in [4.78, 5) is 23.5. The summed E-state index contributed by atoms with van der Waals surface area (Å²) in [5.41, 5.74) is 2.61. The maximum atomic E-state index is 13.3. The molecule has 0 aromatic heterocycles. The van der Waals surface area contributed by atoms with Crippen LogP contribution in [0.2, 0.25) is 0 Å². The molecule has 2 aromatic carbocycles. The smallest absolute Gasteiger partial charge is 0.327 e. The number of sulfonamides is 1. The molecule has 0 fully saturated rings. The van der Waals surface area contributed by atoms with Gasteiger partial charge in [0.15, 0.2) is 0 Å². The number of carbonyl (C=O) groups is 2. The molecule has 0 spiro atoms. The zero-order valence-corrected chi connectivity index (χ0v) is 18.0. The molecule has 0 atom stereocenters. The monoisotopic (exact) mass is 418 g/mol. The summed E-state index contributed by atoms with van der Waals surface area (Å²) in [5, 5.41) is 2.59. The number of hydrogen-bond acceptors (Lipinski definition) is 5. The van der Waals surface area contributed by atoms with Gasteiger partial charge in [-0.2, -0.15) is 0 Å². The van der Waals surface area contributed by atoms with Crippen molar-refractivity contribution < 1.29 is 22.7 Å². The number of carbonyl (C=O) groups excluding carboxylic acids is 2. The van der Waals surface area contributed by atoms with Crippen LogP contribution in [-0.4, -0.2) is 32.9 Å². The lowest BCUT2D eigenvalue weighted by atomic mass is 10.1. The molecular formula is C21H26N2O5S. The van der Waals surface area contributed by atoms with Crippen molar-refractivity contribution in [1.29, 1.82) is 0 Å². The van der Waals surface area contributed by atoms with Crippen LogP contribution in [-0.2, 0) is 24.3 Å². The van der Waals surface area contributed by atoms with Crippen LogP contribution in [0, 0.1) is 13.8 Å². The maximum Gasteiger partial charge on any atom is 0.327 e. The SMILES string of the molecule is CC(=O)Nc1ccc(S(=O)(=O)N(CC(=O)OC(C)C)c2cc(C)cc(C)c2)cc1. The molecule has 0 bridgehead atoms. The third-order valence-electron chi connectivity index (χ3n) is 3.90. The molecule has 0 radical (unpaired) electrons. The van der Waals surface area contributed by atoms with Crippen LogP contribution in [0.1, 0.15) is 31.9 Å². The van der Waals surface area contributed by atoms with Gasteiger partial charge in [-0.3, -0.25) is 13.9 Å². The van der Waals surface area contributed by atoms with Gasteiger partial charge in [0.2, 0.25) is 5.91 Å². The van der Waals surface area contributed by atoms with E-state index in [2.05, 4.69) is 5.32 Å². The normalized spacial score (nSPS) is 11.2. The molecule has 0 saturated carbocycles. The van der Waals surface area contributed by atoms with Crippen molar-refractivity contribution >= 4 is 33.3 Å². The maximum absolute atomic E-state index is 13.3. The van der Waals surface area contributed by atoms with E-state index >= 15 is 0 Å². The van der Waals surface area contributed by atoms with Crippen LogP contribution >= 0.6 is 0 Å². The van der Waals surface area contributed by atoms with Crippen LogP contribution < -0.4 is 9.62 Å². The van der Waals surface area contributed by atoms with E-state index in [1.165, 1.54) is 31.2 Å². The van der Waals surface area contributed by atoms with Gasteiger partial charge in [0.1, 0.15) is 6.54 Å². The topological polar surface area (TPSA) is 92.8 Å². The minimum absolute atomic E-state index is 0.00288. The fourth-order valence-corrected chi connectivity index (χ4v) is 4.26. The highest BCUT2D eigenvalue weighted by molar-refractivity contribution is 7.92. The largest absolute Gasteiger partial charge is 0.462 e. The first-order valence-electron chi connectivity index (χ1n) is 9.17. The van der Waals surface area contributed by atoms with E-state index in [0.717, 1.165) is 15.4 Å². The lowest BCUT2D eigenvalue weighted by molar-refractivity contribution is -0.145. The first-order valence-corrected chi connectivity index (χ1v) is 10.6. The standard InChI is InChI=1S/C21H26N2O5S/c1-14(2)28-21(25)13-23(19-11-15(3)10-16(4)12-19)29(26,27)20-8-6-18(7-9-20)22-17(5)24/h6-12,14H,13H2,1-5H3,(H,22,24). The number of aryl methyl sites for hydroxylation is 2. The summed E-state index contributed by atoms with van der Waals surface area (Å²) in [7, 11) is -4.04. The van der Waals surface area contributed by atoms with E-state index in [1.54, 1.807) is 26.0 Å². The first kappa shape index (κ1) is 22.4. The number of benzene rings is 2. The average molecular weight is 419 g/mol. The van der Waals surface area contributed by atoms with Gasteiger partial charge in [0, 0.05) is 12.6 Å².